The molecule has 2 heterocycles. The van der Waals surface area contributed by atoms with Crippen molar-refractivity contribution < 1.29 is 9.90 Å². The third-order valence-corrected chi connectivity index (χ3v) is 5.60. The van der Waals surface area contributed by atoms with Gasteiger partial charge in [-0.25, -0.2) is 14.8 Å². The average molecular weight is 367 g/mol. The van der Waals surface area contributed by atoms with E-state index in [-0.39, 0.29) is 10.6 Å². The molecule has 4 aromatic rings. The lowest BCUT2D eigenvalue weighted by Crippen LogP contribution is -1.98. The van der Waals surface area contributed by atoms with Crippen LogP contribution in [0.5, 0.6) is 0 Å². The topological polar surface area (TPSA) is 89.1 Å². The molecule has 4 rings (SSSR count). The number of benzene rings is 2. The van der Waals surface area contributed by atoms with E-state index < -0.39 is 5.97 Å². The molecule has 0 amide bonds. The molecular formula is C18H13N3O2S2. The van der Waals surface area contributed by atoms with Crippen molar-refractivity contribution in [2.24, 2.45) is 0 Å². The van der Waals surface area contributed by atoms with Gasteiger partial charge in [0.2, 0.25) is 0 Å². The number of nitrogen functional groups attached to an aromatic ring is 1. The van der Waals surface area contributed by atoms with Crippen molar-refractivity contribution in [3.8, 4) is 11.3 Å². The summed E-state index contributed by atoms with van der Waals surface area (Å²) in [5.74, 6) is -1.05. The molecule has 2 aromatic heterocycles. The number of carboxylic acid groups (broad SMARTS) is 1. The Labute approximate surface area is 151 Å². The van der Waals surface area contributed by atoms with Crippen molar-refractivity contribution in [1.82, 2.24) is 9.97 Å². The van der Waals surface area contributed by atoms with E-state index in [4.69, 9.17) is 5.73 Å². The van der Waals surface area contributed by atoms with Gasteiger partial charge in [0, 0.05) is 5.56 Å². The molecule has 0 spiro atoms. The summed E-state index contributed by atoms with van der Waals surface area (Å²) in [6.45, 7) is 0. The van der Waals surface area contributed by atoms with Crippen LogP contribution in [0.1, 0.15) is 9.67 Å². The third-order valence-electron chi connectivity index (χ3n) is 3.97. The number of aromatic nitrogens is 2. The highest BCUT2D eigenvalue weighted by atomic mass is 32.2. The van der Waals surface area contributed by atoms with Crippen LogP contribution in [0.15, 0.2) is 47.6 Å². The van der Waals surface area contributed by atoms with Gasteiger partial charge in [-0.3, -0.25) is 0 Å². The van der Waals surface area contributed by atoms with Gasteiger partial charge in [0.1, 0.15) is 9.71 Å². The first-order valence-corrected chi connectivity index (χ1v) is 9.49. The summed E-state index contributed by atoms with van der Waals surface area (Å²) in [4.78, 5) is 21.2. The summed E-state index contributed by atoms with van der Waals surface area (Å²) >= 11 is 2.50. The van der Waals surface area contributed by atoms with Crippen molar-refractivity contribution in [3.63, 3.8) is 0 Å². The van der Waals surface area contributed by atoms with Crippen molar-refractivity contribution in [2.75, 3.05) is 12.0 Å². The quantitative estimate of drug-likeness (QED) is 0.409. The van der Waals surface area contributed by atoms with E-state index in [9.17, 15) is 9.90 Å². The van der Waals surface area contributed by atoms with E-state index in [1.807, 2.05) is 48.7 Å². The normalized spacial score (nSPS) is 11.2. The maximum Gasteiger partial charge on any atom is 0.348 e. The standard InChI is InChI=1S/C18H13N3O2S2/c1-24-18-20-14(11-7-6-9-4-2-3-5-10(9)8-11)12-13(19)15(17(22)23)25-16(12)21-18/h2-8H,19H2,1H3,(H,22,23). The number of aromatic carboxylic acids is 1. The first-order valence-electron chi connectivity index (χ1n) is 7.45. The largest absolute Gasteiger partial charge is 0.477 e. The Balaban J connectivity index is 2.05. The van der Waals surface area contributed by atoms with Crippen molar-refractivity contribution >= 4 is 55.7 Å². The molecule has 124 valence electrons. The predicted octanol–water partition coefficient (Wildman–Crippen LogP) is 4.51. The van der Waals surface area contributed by atoms with E-state index in [1.165, 1.54) is 11.8 Å². The van der Waals surface area contributed by atoms with E-state index in [0.29, 0.717) is 21.1 Å². The van der Waals surface area contributed by atoms with E-state index >= 15 is 0 Å². The molecule has 0 saturated carbocycles. The molecule has 0 saturated heterocycles. The Hall–Kier alpha value is -2.64. The summed E-state index contributed by atoms with van der Waals surface area (Å²) in [5.41, 5.74) is 7.91. The lowest BCUT2D eigenvalue weighted by Gasteiger charge is -2.07. The molecule has 0 aliphatic rings. The molecule has 7 heteroatoms. The number of nitrogens with two attached hydrogens (primary N) is 1. The van der Waals surface area contributed by atoms with Crippen LogP contribution in [-0.2, 0) is 0 Å². The molecule has 0 bridgehead atoms. The van der Waals surface area contributed by atoms with Gasteiger partial charge in [-0.05, 0) is 23.1 Å². The second-order valence-electron chi connectivity index (χ2n) is 5.45. The molecule has 0 fully saturated rings. The van der Waals surface area contributed by atoms with Gasteiger partial charge in [-0.15, -0.1) is 11.3 Å². The number of carboxylic acids is 1. The van der Waals surface area contributed by atoms with E-state index in [1.54, 1.807) is 0 Å². The van der Waals surface area contributed by atoms with Gasteiger partial charge in [0.25, 0.3) is 0 Å². The zero-order valence-corrected chi connectivity index (χ0v) is 14.8. The van der Waals surface area contributed by atoms with Crippen LogP contribution in [0.25, 0.3) is 32.2 Å². The number of hydrogen-bond donors (Lipinski definition) is 2. The van der Waals surface area contributed by atoms with Gasteiger partial charge in [-0.2, -0.15) is 0 Å². The first-order chi connectivity index (χ1) is 12.1. The highest BCUT2D eigenvalue weighted by Gasteiger charge is 2.21. The van der Waals surface area contributed by atoms with Crippen LogP contribution in [0.4, 0.5) is 5.69 Å². The molecule has 0 atom stereocenters. The van der Waals surface area contributed by atoms with Gasteiger partial charge >= 0.3 is 5.97 Å². The lowest BCUT2D eigenvalue weighted by atomic mass is 10.0. The minimum absolute atomic E-state index is 0.101. The molecule has 5 nitrogen and oxygen atoms in total. The third kappa shape index (κ3) is 2.61. The zero-order chi connectivity index (χ0) is 17.6. The second-order valence-corrected chi connectivity index (χ2v) is 7.22. The van der Waals surface area contributed by atoms with Crippen LogP contribution >= 0.6 is 23.1 Å². The lowest BCUT2D eigenvalue weighted by molar-refractivity contribution is 0.0703. The van der Waals surface area contributed by atoms with Crippen LogP contribution in [0.2, 0.25) is 0 Å². The van der Waals surface area contributed by atoms with Gasteiger partial charge in [-0.1, -0.05) is 48.2 Å². The fourth-order valence-corrected chi connectivity index (χ4v) is 4.15. The molecule has 0 aliphatic heterocycles. The first kappa shape index (κ1) is 15.9. The molecule has 2 aromatic carbocycles. The predicted molar refractivity (Wildman–Crippen MR) is 104 cm³/mol. The molecule has 3 N–H and O–H groups in total. The van der Waals surface area contributed by atoms with Crippen molar-refractivity contribution in [3.05, 3.63) is 47.3 Å². The number of rotatable bonds is 3. The summed E-state index contributed by atoms with van der Waals surface area (Å²) in [6.07, 6.45) is 1.89. The zero-order valence-electron chi connectivity index (χ0n) is 13.2. The Kier molecular flexibility index (Phi) is 3.82. The Morgan fingerprint density at radius 1 is 1.16 bits per heavy atom. The second kappa shape index (κ2) is 6.02. The Morgan fingerprint density at radius 3 is 2.64 bits per heavy atom. The van der Waals surface area contributed by atoms with Crippen LogP contribution in [0, 0.1) is 0 Å². The van der Waals surface area contributed by atoms with E-state index in [0.717, 1.165) is 27.7 Å². The fraction of sp³-hybridized carbons (Fsp3) is 0.0556. The Bertz CT molecular complexity index is 1140. The molecule has 0 aliphatic carbocycles. The minimum atomic E-state index is -1.05. The number of anilines is 1. The molecule has 0 radical (unpaired) electrons. The van der Waals surface area contributed by atoms with Crippen molar-refractivity contribution in [2.45, 2.75) is 5.16 Å². The minimum Gasteiger partial charge on any atom is -0.477 e. The SMILES string of the molecule is CSc1nc(-c2ccc3ccccc3c2)c2c(N)c(C(=O)O)sc2n1. The molecular weight excluding hydrogens is 354 g/mol. The van der Waals surface area contributed by atoms with Gasteiger partial charge in [0.15, 0.2) is 5.16 Å². The highest BCUT2D eigenvalue weighted by Crippen LogP contribution is 2.39. The summed E-state index contributed by atoms with van der Waals surface area (Å²) in [5, 5.41) is 12.8. The summed E-state index contributed by atoms with van der Waals surface area (Å²) in [6, 6.07) is 14.1. The summed E-state index contributed by atoms with van der Waals surface area (Å²) in [7, 11) is 0. The van der Waals surface area contributed by atoms with Gasteiger partial charge < -0.3 is 10.8 Å². The number of nitrogens with zero attached hydrogens (tertiary/aromatic N) is 2. The number of hydrogen-bond acceptors (Lipinski definition) is 6. The number of fused-ring (bicyclic) bond motifs is 2. The van der Waals surface area contributed by atoms with E-state index in [2.05, 4.69) is 9.97 Å². The van der Waals surface area contributed by atoms with Crippen LogP contribution < -0.4 is 5.73 Å². The number of carbonyl (C=O) groups is 1. The Morgan fingerprint density at radius 2 is 1.92 bits per heavy atom. The van der Waals surface area contributed by atoms with Crippen molar-refractivity contribution in [1.29, 1.82) is 0 Å². The molecule has 25 heavy (non-hydrogen) atoms. The number of thioether (sulfide) groups is 1. The summed E-state index contributed by atoms with van der Waals surface area (Å²) < 4.78 is 0. The monoisotopic (exact) mass is 367 g/mol. The highest BCUT2D eigenvalue weighted by molar-refractivity contribution is 7.98. The smallest absolute Gasteiger partial charge is 0.348 e. The number of thiophene rings is 1. The molecule has 0 unspecified atom stereocenters. The maximum absolute atomic E-state index is 11.4. The fourth-order valence-electron chi connectivity index (χ4n) is 2.80. The maximum atomic E-state index is 11.4. The van der Waals surface area contributed by atoms with Gasteiger partial charge in [0.05, 0.1) is 16.8 Å². The van der Waals surface area contributed by atoms with Crippen LogP contribution in [-0.4, -0.2) is 27.3 Å². The average Bonchev–Trinajstić information content (AvgIpc) is 2.97. The van der Waals surface area contributed by atoms with Crippen LogP contribution in [0.3, 0.4) is 0 Å².